The van der Waals surface area contributed by atoms with Gasteiger partial charge in [0.15, 0.2) is 0 Å². The first-order chi connectivity index (χ1) is 7.91. The Morgan fingerprint density at radius 2 is 1.18 bits per heavy atom. The van der Waals surface area contributed by atoms with E-state index in [1.54, 1.807) is 0 Å². The molecule has 5 nitrogen and oxygen atoms in total. The van der Waals surface area contributed by atoms with Gasteiger partial charge in [-0.1, -0.05) is 0 Å². The third kappa shape index (κ3) is 2.53. The normalized spacial score (nSPS) is 28.9. The van der Waals surface area contributed by atoms with Crippen molar-refractivity contribution in [1.82, 2.24) is 0 Å². The molecule has 0 saturated carbocycles. The standard InChI is InChI=1S/C8H2Br4O5/c9-1-3(11)7(15-5(1)13)17-8-4(12)2(10)6(14)16-8/h7-8H/t7-,8+. The zero-order valence-electron chi connectivity index (χ0n) is 7.71. The zero-order chi connectivity index (χ0) is 12.7. The minimum Gasteiger partial charge on any atom is -0.426 e. The Morgan fingerprint density at radius 3 is 1.41 bits per heavy atom. The van der Waals surface area contributed by atoms with Crippen LogP contribution in [-0.2, 0) is 23.8 Å². The SMILES string of the molecule is O=C1O[C@H](O[C@@H]2OC(=O)C(Br)=C2Br)C(Br)=C1Br. The lowest BCUT2D eigenvalue weighted by molar-refractivity contribution is -0.200. The van der Waals surface area contributed by atoms with E-state index in [1.807, 2.05) is 0 Å². The molecule has 92 valence electrons. The molecule has 2 heterocycles. The van der Waals surface area contributed by atoms with Crippen LogP contribution in [0.15, 0.2) is 17.9 Å². The fourth-order valence-electron chi connectivity index (χ4n) is 1.09. The number of halogens is 4. The van der Waals surface area contributed by atoms with Crippen molar-refractivity contribution in [1.29, 1.82) is 0 Å². The minimum absolute atomic E-state index is 0.242. The third-order valence-electron chi connectivity index (χ3n) is 1.87. The molecule has 0 unspecified atom stereocenters. The second-order valence-corrected chi connectivity index (χ2v) is 6.23. The van der Waals surface area contributed by atoms with E-state index in [2.05, 4.69) is 63.7 Å². The van der Waals surface area contributed by atoms with E-state index >= 15 is 0 Å². The summed E-state index contributed by atoms with van der Waals surface area (Å²) in [5, 5.41) is 0. The molecule has 2 aliphatic heterocycles. The van der Waals surface area contributed by atoms with Crippen molar-refractivity contribution in [2.45, 2.75) is 12.6 Å². The molecule has 0 amide bonds. The summed E-state index contributed by atoms with van der Waals surface area (Å²) in [4.78, 5) is 22.4. The number of esters is 2. The molecule has 0 aliphatic carbocycles. The fraction of sp³-hybridized carbons (Fsp3) is 0.250. The number of carbonyl (C=O) groups excluding carboxylic acids is 2. The maximum atomic E-state index is 11.2. The smallest absolute Gasteiger partial charge is 0.348 e. The van der Waals surface area contributed by atoms with Crippen molar-refractivity contribution in [3.05, 3.63) is 17.9 Å². The van der Waals surface area contributed by atoms with Crippen LogP contribution >= 0.6 is 63.7 Å². The van der Waals surface area contributed by atoms with E-state index in [4.69, 9.17) is 14.2 Å². The van der Waals surface area contributed by atoms with Gasteiger partial charge in [-0.2, -0.15) is 0 Å². The molecular weight excluding hydrogens is 496 g/mol. The number of hydrogen-bond acceptors (Lipinski definition) is 5. The molecule has 0 saturated heterocycles. The second-order valence-electron chi connectivity index (χ2n) is 2.93. The highest BCUT2D eigenvalue weighted by Crippen LogP contribution is 2.37. The summed E-state index contributed by atoms with van der Waals surface area (Å²) in [6.07, 6.45) is -1.89. The van der Waals surface area contributed by atoms with Gasteiger partial charge >= 0.3 is 11.9 Å². The summed E-state index contributed by atoms with van der Waals surface area (Å²) in [5.74, 6) is -1.10. The lowest BCUT2D eigenvalue weighted by Gasteiger charge is -2.16. The van der Waals surface area contributed by atoms with Crippen molar-refractivity contribution < 1.29 is 23.8 Å². The molecule has 17 heavy (non-hydrogen) atoms. The summed E-state index contributed by atoms with van der Waals surface area (Å²) < 4.78 is 16.4. The van der Waals surface area contributed by atoms with E-state index in [0.717, 1.165) is 0 Å². The summed E-state index contributed by atoms with van der Waals surface area (Å²) >= 11 is 12.4. The van der Waals surface area contributed by atoms with Crippen LogP contribution in [0.1, 0.15) is 0 Å². The number of cyclic esters (lactones) is 2. The van der Waals surface area contributed by atoms with Gasteiger partial charge in [-0.15, -0.1) is 0 Å². The van der Waals surface area contributed by atoms with E-state index in [0.29, 0.717) is 8.96 Å². The molecule has 0 bridgehead atoms. The largest absolute Gasteiger partial charge is 0.426 e. The van der Waals surface area contributed by atoms with E-state index in [1.165, 1.54) is 0 Å². The summed E-state index contributed by atoms with van der Waals surface area (Å²) in [5.41, 5.74) is 0. The van der Waals surface area contributed by atoms with Crippen LogP contribution in [0.2, 0.25) is 0 Å². The molecule has 0 fully saturated rings. The molecular formula is C8H2Br4O5. The van der Waals surface area contributed by atoms with Gasteiger partial charge < -0.3 is 9.47 Å². The highest BCUT2D eigenvalue weighted by Gasteiger charge is 2.39. The topological polar surface area (TPSA) is 61.8 Å². The van der Waals surface area contributed by atoms with Crippen LogP contribution in [0.3, 0.4) is 0 Å². The van der Waals surface area contributed by atoms with Crippen LogP contribution < -0.4 is 0 Å². The monoisotopic (exact) mass is 494 g/mol. The zero-order valence-corrected chi connectivity index (χ0v) is 14.1. The van der Waals surface area contributed by atoms with Crippen molar-refractivity contribution in [3.8, 4) is 0 Å². The minimum atomic E-state index is -0.944. The number of hydrogen-bond donors (Lipinski definition) is 0. The van der Waals surface area contributed by atoms with E-state index < -0.39 is 24.5 Å². The first-order valence-electron chi connectivity index (χ1n) is 4.09. The van der Waals surface area contributed by atoms with Crippen molar-refractivity contribution in [2.75, 3.05) is 0 Å². The number of carbonyl (C=O) groups is 2. The summed E-state index contributed by atoms with van der Waals surface area (Å²) in [7, 11) is 0. The summed E-state index contributed by atoms with van der Waals surface area (Å²) in [6.45, 7) is 0. The van der Waals surface area contributed by atoms with Gasteiger partial charge in [-0.05, 0) is 63.7 Å². The lowest BCUT2D eigenvalue weighted by Crippen LogP contribution is -2.24. The van der Waals surface area contributed by atoms with Crippen LogP contribution in [0, 0.1) is 0 Å². The Kier molecular flexibility index (Phi) is 4.13. The van der Waals surface area contributed by atoms with Gasteiger partial charge in [0.1, 0.15) is 8.96 Å². The van der Waals surface area contributed by atoms with E-state index in [9.17, 15) is 9.59 Å². The van der Waals surface area contributed by atoms with E-state index in [-0.39, 0.29) is 8.96 Å². The molecule has 2 rings (SSSR count). The Labute approximate surface area is 129 Å². The molecule has 0 aromatic carbocycles. The average molecular weight is 498 g/mol. The fourth-order valence-corrected chi connectivity index (χ4v) is 2.38. The molecule has 0 N–H and O–H groups in total. The predicted molar refractivity (Wildman–Crippen MR) is 70.6 cm³/mol. The first-order valence-corrected chi connectivity index (χ1v) is 7.26. The molecule has 0 aromatic rings. The molecule has 2 atom stereocenters. The predicted octanol–water partition coefficient (Wildman–Crippen LogP) is 2.77. The van der Waals surface area contributed by atoms with Crippen LogP contribution in [-0.4, -0.2) is 24.5 Å². The van der Waals surface area contributed by atoms with Gasteiger partial charge in [0, 0.05) is 0 Å². The molecule has 0 spiro atoms. The van der Waals surface area contributed by atoms with Crippen molar-refractivity contribution in [3.63, 3.8) is 0 Å². The lowest BCUT2D eigenvalue weighted by atomic mass is 10.5. The van der Waals surface area contributed by atoms with Crippen molar-refractivity contribution in [2.24, 2.45) is 0 Å². The van der Waals surface area contributed by atoms with Gasteiger partial charge in [0.2, 0.25) is 12.6 Å². The Balaban J connectivity index is 2.11. The number of rotatable bonds is 2. The summed E-state index contributed by atoms with van der Waals surface area (Å²) in [6, 6.07) is 0. The Bertz CT molecular complexity index is 427. The molecule has 2 aliphatic rings. The Morgan fingerprint density at radius 1 is 0.824 bits per heavy atom. The van der Waals surface area contributed by atoms with Gasteiger partial charge in [0.25, 0.3) is 0 Å². The molecule has 9 heteroatoms. The first kappa shape index (κ1) is 13.7. The van der Waals surface area contributed by atoms with Gasteiger partial charge in [-0.25, -0.2) is 9.59 Å². The third-order valence-corrected chi connectivity index (χ3v) is 5.97. The van der Waals surface area contributed by atoms with Crippen molar-refractivity contribution >= 4 is 75.7 Å². The molecule has 0 radical (unpaired) electrons. The van der Waals surface area contributed by atoms with Gasteiger partial charge in [-0.3, -0.25) is 4.74 Å². The van der Waals surface area contributed by atoms with Gasteiger partial charge in [0.05, 0.1) is 8.96 Å². The molecule has 0 aromatic heterocycles. The highest BCUT2D eigenvalue weighted by atomic mass is 79.9. The van der Waals surface area contributed by atoms with Crippen LogP contribution in [0.4, 0.5) is 0 Å². The highest BCUT2D eigenvalue weighted by molar-refractivity contribution is 9.14. The van der Waals surface area contributed by atoms with Crippen LogP contribution in [0.25, 0.3) is 0 Å². The van der Waals surface area contributed by atoms with Crippen LogP contribution in [0.5, 0.6) is 0 Å². The number of ether oxygens (including phenoxy) is 3. The second kappa shape index (κ2) is 5.12. The maximum Gasteiger partial charge on any atom is 0.348 e. The Hall–Kier alpha value is 0.300. The quantitative estimate of drug-likeness (QED) is 0.549. The average Bonchev–Trinajstić information content (AvgIpc) is 2.66. The maximum absolute atomic E-state index is 11.2.